The molecule has 0 bridgehead atoms. The molecule has 0 N–H and O–H groups in total. The van der Waals surface area contributed by atoms with Gasteiger partial charge >= 0.3 is 11.6 Å². The Bertz CT molecular complexity index is 1170. The Balaban J connectivity index is 1.59. The number of rotatable bonds is 6. The maximum absolute atomic E-state index is 12.6. The minimum Gasteiger partial charge on any atom is -0.482 e. The van der Waals surface area contributed by atoms with E-state index in [0.717, 1.165) is 16.5 Å². The molecule has 3 aromatic rings. The smallest absolute Gasteiger partial charge is 0.344 e. The monoisotopic (exact) mass is 422 g/mol. The first-order valence-electron chi connectivity index (χ1n) is 10.1. The van der Waals surface area contributed by atoms with Gasteiger partial charge in [-0.25, -0.2) is 9.59 Å². The van der Waals surface area contributed by atoms with Crippen molar-refractivity contribution in [2.24, 2.45) is 0 Å². The molecule has 3 rings (SSSR count). The number of benzene rings is 2. The Hall–Kier alpha value is -3.41. The van der Waals surface area contributed by atoms with Crippen LogP contribution in [0.2, 0.25) is 0 Å². The molecule has 0 spiro atoms. The van der Waals surface area contributed by atoms with Gasteiger partial charge in [0.2, 0.25) is 5.78 Å². The van der Waals surface area contributed by atoms with Crippen molar-refractivity contribution >= 4 is 22.7 Å². The third-order valence-electron chi connectivity index (χ3n) is 4.99. The molecule has 0 aliphatic heterocycles. The number of fused-ring (bicyclic) bond motifs is 1. The topological polar surface area (TPSA) is 82.8 Å². The van der Waals surface area contributed by atoms with E-state index < -0.39 is 17.7 Å². The Kier molecular flexibility index (Phi) is 6.29. The summed E-state index contributed by atoms with van der Waals surface area (Å²) in [7, 11) is 0. The van der Waals surface area contributed by atoms with Crippen LogP contribution in [0.15, 0.2) is 57.7 Å². The number of carbonyl (C=O) groups excluding carboxylic acids is 2. The fraction of sp³-hybridized carbons (Fsp3) is 0.320. The minimum atomic E-state index is -0.936. The van der Waals surface area contributed by atoms with Crippen LogP contribution in [-0.4, -0.2) is 24.5 Å². The molecule has 0 aliphatic rings. The summed E-state index contributed by atoms with van der Waals surface area (Å²) in [5, 5.41) is 0.784. The molecule has 0 saturated carbocycles. The van der Waals surface area contributed by atoms with Crippen molar-refractivity contribution < 1.29 is 23.5 Å². The second-order valence-corrected chi connectivity index (χ2v) is 8.52. The lowest BCUT2D eigenvalue weighted by molar-refractivity contribution is -0.148. The molecule has 1 heterocycles. The van der Waals surface area contributed by atoms with Crippen LogP contribution in [0.25, 0.3) is 11.0 Å². The van der Waals surface area contributed by atoms with Crippen LogP contribution >= 0.6 is 0 Å². The van der Waals surface area contributed by atoms with Crippen LogP contribution in [-0.2, 0) is 14.9 Å². The zero-order chi connectivity index (χ0) is 22.8. The third kappa shape index (κ3) is 5.40. The highest BCUT2D eigenvalue weighted by molar-refractivity contribution is 6.00. The second kappa shape index (κ2) is 8.76. The van der Waals surface area contributed by atoms with Gasteiger partial charge in [0.1, 0.15) is 11.3 Å². The van der Waals surface area contributed by atoms with E-state index >= 15 is 0 Å². The maximum Gasteiger partial charge on any atom is 0.344 e. The molecule has 6 heteroatoms. The fourth-order valence-corrected chi connectivity index (χ4v) is 3.19. The van der Waals surface area contributed by atoms with Gasteiger partial charge in [0.25, 0.3) is 0 Å². The normalized spacial score (nSPS) is 12.4. The Morgan fingerprint density at radius 1 is 1.03 bits per heavy atom. The molecular formula is C25H26O6. The zero-order valence-electron chi connectivity index (χ0n) is 18.4. The summed E-state index contributed by atoms with van der Waals surface area (Å²) in [5.41, 5.74) is 2.29. The predicted octanol–water partition coefficient (Wildman–Crippen LogP) is 4.59. The van der Waals surface area contributed by atoms with Gasteiger partial charge < -0.3 is 13.9 Å². The Labute approximate surface area is 180 Å². The highest BCUT2D eigenvalue weighted by Gasteiger charge is 2.21. The maximum atomic E-state index is 12.6. The summed E-state index contributed by atoms with van der Waals surface area (Å²) >= 11 is 0. The molecule has 0 radical (unpaired) electrons. The summed E-state index contributed by atoms with van der Waals surface area (Å²) in [6.45, 7) is 9.26. The first-order valence-corrected chi connectivity index (χ1v) is 10.1. The lowest BCUT2D eigenvalue weighted by Crippen LogP contribution is -2.27. The number of hydrogen-bond donors (Lipinski definition) is 0. The van der Waals surface area contributed by atoms with E-state index in [1.807, 2.05) is 19.1 Å². The van der Waals surface area contributed by atoms with E-state index in [1.54, 1.807) is 30.3 Å². The molecule has 31 heavy (non-hydrogen) atoms. The molecule has 1 aromatic heterocycles. The summed E-state index contributed by atoms with van der Waals surface area (Å²) in [4.78, 5) is 36.3. The highest BCUT2D eigenvalue weighted by Crippen LogP contribution is 2.23. The van der Waals surface area contributed by atoms with Crippen LogP contribution in [0, 0.1) is 6.92 Å². The first-order chi connectivity index (χ1) is 14.5. The molecule has 0 saturated heterocycles. The molecule has 0 amide bonds. The lowest BCUT2D eigenvalue weighted by atomic mass is 9.86. The largest absolute Gasteiger partial charge is 0.482 e. The lowest BCUT2D eigenvalue weighted by Gasteiger charge is -2.19. The summed E-state index contributed by atoms with van der Waals surface area (Å²) in [6.07, 6.45) is -0.936. The molecule has 0 unspecified atom stereocenters. The summed E-state index contributed by atoms with van der Waals surface area (Å²) in [6, 6.07) is 13.7. The summed E-state index contributed by atoms with van der Waals surface area (Å²) in [5.74, 6) is -0.593. The van der Waals surface area contributed by atoms with Gasteiger partial charge in [-0.15, -0.1) is 0 Å². The van der Waals surface area contributed by atoms with Crippen molar-refractivity contribution in [3.05, 3.63) is 75.6 Å². The molecule has 162 valence electrons. The van der Waals surface area contributed by atoms with Crippen molar-refractivity contribution in [1.82, 2.24) is 0 Å². The van der Waals surface area contributed by atoms with E-state index in [9.17, 15) is 14.4 Å². The second-order valence-electron chi connectivity index (χ2n) is 8.52. The van der Waals surface area contributed by atoms with Gasteiger partial charge in [-0.3, -0.25) is 4.79 Å². The quantitative estimate of drug-likeness (QED) is 0.328. The molecule has 6 nitrogen and oxygen atoms in total. The average Bonchev–Trinajstić information content (AvgIpc) is 2.70. The van der Waals surface area contributed by atoms with Gasteiger partial charge in [-0.1, -0.05) is 45.0 Å². The van der Waals surface area contributed by atoms with E-state index in [4.69, 9.17) is 13.9 Å². The molecule has 2 aromatic carbocycles. The van der Waals surface area contributed by atoms with E-state index in [2.05, 4.69) is 20.8 Å². The number of hydrogen-bond acceptors (Lipinski definition) is 6. The summed E-state index contributed by atoms with van der Waals surface area (Å²) < 4.78 is 15.8. The molecule has 0 aliphatic carbocycles. The van der Waals surface area contributed by atoms with Crippen LogP contribution in [0.1, 0.15) is 49.2 Å². The van der Waals surface area contributed by atoms with E-state index in [1.165, 1.54) is 13.0 Å². The zero-order valence-corrected chi connectivity index (χ0v) is 18.4. The number of ether oxygens (including phenoxy) is 2. The number of aryl methyl sites for hydroxylation is 1. The van der Waals surface area contributed by atoms with Crippen molar-refractivity contribution in [3.63, 3.8) is 0 Å². The number of esters is 1. The molecule has 0 fully saturated rings. The SMILES string of the molecule is Cc1cc(=O)oc2cc(OCC(=O)O[C@H](C)C(=O)c3ccc(C(C)(C)C)cc3)ccc12. The van der Waals surface area contributed by atoms with Gasteiger partial charge in [0, 0.05) is 23.1 Å². The minimum absolute atomic E-state index is 0.0129. The predicted molar refractivity (Wildman–Crippen MR) is 118 cm³/mol. The van der Waals surface area contributed by atoms with E-state index in [0.29, 0.717) is 16.9 Å². The van der Waals surface area contributed by atoms with Crippen molar-refractivity contribution in [3.8, 4) is 5.75 Å². The molecular weight excluding hydrogens is 396 g/mol. The average molecular weight is 422 g/mol. The van der Waals surface area contributed by atoms with Crippen LogP contribution in [0.4, 0.5) is 0 Å². The number of ketones is 1. The molecule has 1 atom stereocenters. The van der Waals surface area contributed by atoms with Gasteiger partial charge in [-0.05, 0) is 42.5 Å². The van der Waals surface area contributed by atoms with E-state index in [-0.39, 0.29) is 17.8 Å². The van der Waals surface area contributed by atoms with Gasteiger partial charge in [0.15, 0.2) is 12.7 Å². The van der Waals surface area contributed by atoms with Crippen molar-refractivity contribution in [2.45, 2.75) is 46.1 Å². The van der Waals surface area contributed by atoms with Crippen LogP contribution in [0.5, 0.6) is 5.75 Å². The number of Topliss-reactive ketones (excluding diaryl/α,β-unsaturated/α-hetero) is 1. The first kappa shape index (κ1) is 22.3. The highest BCUT2D eigenvalue weighted by atomic mass is 16.6. The Morgan fingerprint density at radius 3 is 2.35 bits per heavy atom. The van der Waals surface area contributed by atoms with Crippen molar-refractivity contribution in [1.29, 1.82) is 0 Å². The fourth-order valence-electron chi connectivity index (χ4n) is 3.19. The van der Waals surface area contributed by atoms with Crippen LogP contribution in [0.3, 0.4) is 0 Å². The standard InChI is InChI=1S/C25H26O6/c1-15-12-22(26)31-21-13-19(10-11-20(15)21)29-14-23(27)30-16(2)24(28)17-6-8-18(9-7-17)25(3,4)5/h6-13,16H,14H2,1-5H3/t16-/m1/s1. The Morgan fingerprint density at radius 2 is 1.71 bits per heavy atom. The van der Waals surface area contributed by atoms with Crippen molar-refractivity contribution in [2.75, 3.05) is 6.61 Å². The third-order valence-corrected chi connectivity index (χ3v) is 4.99. The van der Waals surface area contributed by atoms with Gasteiger partial charge in [0.05, 0.1) is 0 Å². The number of carbonyl (C=O) groups is 2. The van der Waals surface area contributed by atoms with Crippen LogP contribution < -0.4 is 10.4 Å². The van der Waals surface area contributed by atoms with Gasteiger partial charge in [-0.2, -0.15) is 0 Å².